The highest BCUT2D eigenvalue weighted by atomic mass is 79.9. The van der Waals surface area contributed by atoms with Gasteiger partial charge in [-0.05, 0) is 60.8 Å². The van der Waals surface area contributed by atoms with E-state index in [1.54, 1.807) is 0 Å². The Morgan fingerprint density at radius 1 is 1.06 bits per heavy atom. The van der Waals surface area contributed by atoms with Gasteiger partial charge in [0.15, 0.2) is 0 Å². The number of hydrogen-bond donors (Lipinski definition) is 4. The standard InChI is InChI=1S/C9H7BrClN.C8H16O5.C8H10.C2H6/c1-5-4-12-7-3-2-6(10)9(11)8(5)7;1-3-5-6(10)7(11)8(4-9,12-2)13-5;1-7-3-5-8(2)6-4-7;1-2/h2-4,12H,1H3;5-7,9-11H,3-4H2,1-2H3;3-6H,1-2H3;1-2H3/t;5?,6-,7+,8+;;/m.0../s1. The number of H-pyrrole nitrogens is 1. The summed E-state index contributed by atoms with van der Waals surface area (Å²) in [7, 11) is 1.32. The Kier molecular flexibility index (Phi) is 13.5. The molecule has 196 valence electrons. The van der Waals surface area contributed by atoms with E-state index in [4.69, 9.17) is 26.2 Å². The van der Waals surface area contributed by atoms with Gasteiger partial charge < -0.3 is 29.8 Å². The zero-order chi connectivity index (χ0) is 26.8. The van der Waals surface area contributed by atoms with Crippen LogP contribution in [0.4, 0.5) is 0 Å². The molecule has 1 saturated heterocycles. The van der Waals surface area contributed by atoms with Crippen molar-refractivity contribution in [2.75, 3.05) is 13.7 Å². The molecule has 0 bridgehead atoms. The van der Waals surface area contributed by atoms with Gasteiger partial charge in [0, 0.05) is 28.7 Å². The average Bonchev–Trinajstić information content (AvgIpc) is 3.38. The third-order valence-electron chi connectivity index (χ3n) is 5.63. The molecular weight excluding hydrogens is 534 g/mol. The first kappa shape index (κ1) is 31.6. The van der Waals surface area contributed by atoms with E-state index in [2.05, 4.69) is 59.0 Å². The Morgan fingerprint density at radius 3 is 2.00 bits per heavy atom. The van der Waals surface area contributed by atoms with Gasteiger partial charge in [-0.15, -0.1) is 0 Å². The molecule has 0 spiro atoms. The van der Waals surface area contributed by atoms with Crippen LogP contribution in [-0.2, 0) is 9.47 Å². The molecule has 2 heterocycles. The second-order valence-electron chi connectivity index (χ2n) is 8.08. The molecule has 6 nitrogen and oxygen atoms in total. The molecule has 2 aromatic carbocycles. The lowest BCUT2D eigenvalue weighted by atomic mass is 10.0. The Hall–Kier alpha value is -1.45. The maximum absolute atomic E-state index is 9.55. The molecule has 0 saturated carbocycles. The van der Waals surface area contributed by atoms with E-state index in [9.17, 15) is 10.2 Å². The van der Waals surface area contributed by atoms with E-state index in [-0.39, 0.29) is 0 Å². The maximum Gasteiger partial charge on any atom is 0.221 e. The van der Waals surface area contributed by atoms with Crippen molar-refractivity contribution in [1.29, 1.82) is 0 Å². The highest BCUT2D eigenvalue weighted by Crippen LogP contribution is 2.33. The zero-order valence-electron chi connectivity index (χ0n) is 21.6. The largest absolute Gasteiger partial charge is 0.391 e. The smallest absolute Gasteiger partial charge is 0.221 e. The molecular formula is C27H39BrClNO5. The summed E-state index contributed by atoms with van der Waals surface area (Å²) in [5.41, 5.74) is 4.92. The van der Waals surface area contributed by atoms with Gasteiger partial charge in [-0.3, -0.25) is 0 Å². The number of ether oxygens (including phenoxy) is 2. The Bertz CT molecular complexity index is 999. The first-order chi connectivity index (χ1) is 16.6. The average molecular weight is 573 g/mol. The summed E-state index contributed by atoms with van der Waals surface area (Å²) in [6.45, 7) is 11.6. The number of aliphatic hydroxyl groups is 3. The van der Waals surface area contributed by atoms with Crippen LogP contribution < -0.4 is 0 Å². The van der Waals surface area contributed by atoms with Gasteiger partial charge in [-0.25, -0.2) is 0 Å². The molecule has 35 heavy (non-hydrogen) atoms. The van der Waals surface area contributed by atoms with Crippen molar-refractivity contribution in [3.8, 4) is 0 Å². The molecule has 1 fully saturated rings. The lowest BCUT2D eigenvalue weighted by Gasteiger charge is -2.27. The van der Waals surface area contributed by atoms with Crippen LogP contribution in [0.2, 0.25) is 5.02 Å². The van der Waals surface area contributed by atoms with E-state index in [0.29, 0.717) is 6.42 Å². The highest BCUT2D eigenvalue weighted by Gasteiger charge is 2.53. The minimum absolute atomic E-state index is 0.474. The predicted octanol–water partition coefficient (Wildman–Crippen LogP) is 6.07. The molecule has 4 N–H and O–H groups in total. The minimum atomic E-state index is -1.46. The Morgan fingerprint density at radius 2 is 1.60 bits per heavy atom. The molecule has 0 amide bonds. The van der Waals surface area contributed by atoms with Crippen LogP contribution in [-0.4, -0.2) is 58.1 Å². The van der Waals surface area contributed by atoms with Crippen molar-refractivity contribution in [2.24, 2.45) is 0 Å². The number of fused-ring (bicyclic) bond motifs is 1. The van der Waals surface area contributed by atoms with Crippen molar-refractivity contribution in [2.45, 2.75) is 72.1 Å². The topological polar surface area (TPSA) is 94.9 Å². The van der Waals surface area contributed by atoms with E-state index in [0.717, 1.165) is 20.4 Å². The van der Waals surface area contributed by atoms with Crippen molar-refractivity contribution < 1.29 is 24.8 Å². The Labute approximate surface area is 222 Å². The van der Waals surface area contributed by atoms with Gasteiger partial charge in [0.25, 0.3) is 0 Å². The maximum atomic E-state index is 9.55. The van der Waals surface area contributed by atoms with Crippen LogP contribution in [0.5, 0.6) is 0 Å². The first-order valence-electron chi connectivity index (χ1n) is 11.7. The second kappa shape index (κ2) is 15.0. The molecule has 4 rings (SSSR count). The fraction of sp³-hybridized carbons (Fsp3) is 0.481. The fourth-order valence-corrected chi connectivity index (χ4v) is 4.14. The van der Waals surface area contributed by atoms with Gasteiger partial charge in [0.1, 0.15) is 18.8 Å². The summed E-state index contributed by atoms with van der Waals surface area (Å²) >= 11 is 9.50. The summed E-state index contributed by atoms with van der Waals surface area (Å²) in [5, 5.41) is 29.9. The summed E-state index contributed by atoms with van der Waals surface area (Å²) in [4.78, 5) is 3.15. The van der Waals surface area contributed by atoms with Crippen LogP contribution in [0.15, 0.2) is 47.1 Å². The van der Waals surface area contributed by atoms with Crippen LogP contribution in [0.25, 0.3) is 10.9 Å². The lowest BCUT2D eigenvalue weighted by Crippen LogP contribution is -2.47. The molecule has 3 aromatic rings. The first-order valence-corrected chi connectivity index (χ1v) is 12.9. The van der Waals surface area contributed by atoms with Crippen LogP contribution >= 0.6 is 27.5 Å². The van der Waals surface area contributed by atoms with E-state index < -0.39 is 30.7 Å². The van der Waals surface area contributed by atoms with Gasteiger partial charge in [-0.1, -0.05) is 67.8 Å². The zero-order valence-corrected chi connectivity index (χ0v) is 23.9. The summed E-state index contributed by atoms with van der Waals surface area (Å²) < 4.78 is 11.1. The normalized spacial score (nSPS) is 22.9. The number of halogens is 2. The summed E-state index contributed by atoms with van der Waals surface area (Å²) in [6.07, 6.45) is -0.168. The molecule has 1 unspecified atom stereocenters. The minimum Gasteiger partial charge on any atom is -0.391 e. The van der Waals surface area contributed by atoms with Crippen LogP contribution in [0.1, 0.15) is 43.9 Å². The number of aliphatic hydroxyl groups excluding tert-OH is 3. The molecule has 4 atom stereocenters. The number of nitrogens with one attached hydrogen (secondary N) is 1. The van der Waals surface area contributed by atoms with Crippen molar-refractivity contribution >= 4 is 38.4 Å². The SMILES string of the molecule is CC.CCC1O[C@@](CO)(OC)[C@H](O)[C@H]1O.Cc1c[nH]c2ccc(Br)c(Cl)c12.Cc1ccc(C)cc1. The summed E-state index contributed by atoms with van der Waals surface area (Å²) in [6, 6.07) is 12.4. The Balaban J connectivity index is 0.000000259. The van der Waals surface area contributed by atoms with Crippen molar-refractivity contribution in [3.05, 3.63) is 68.8 Å². The molecule has 1 aliphatic rings. The molecule has 0 aliphatic carbocycles. The monoisotopic (exact) mass is 571 g/mol. The second-order valence-corrected chi connectivity index (χ2v) is 9.32. The number of hydrogen-bond acceptors (Lipinski definition) is 5. The summed E-state index contributed by atoms with van der Waals surface area (Å²) in [5.74, 6) is -1.46. The number of benzene rings is 2. The van der Waals surface area contributed by atoms with Crippen molar-refractivity contribution in [3.63, 3.8) is 0 Å². The number of methoxy groups -OCH3 is 1. The highest BCUT2D eigenvalue weighted by molar-refractivity contribution is 9.10. The van der Waals surface area contributed by atoms with Crippen LogP contribution in [0.3, 0.4) is 0 Å². The van der Waals surface area contributed by atoms with Gasteiger partial charge in [0.2, 0.25) is 5.79 Å². The van der Waals surface area contributed by atoms with Crippen molar-refractivity contribution in [1.82, 2.24) is 4.98 Å². The fourth-order valence-electron chi connectivity index (χ4n) is 3.50. The van der Waals surface area contributed by atoms with E-state index in [1.165, 1.54) is 23.8 Å². The molecule has 8 heteroatoms. The van der Waals surface area contributed by atoms with Gasteiger partial charge in [-0.2, -0.15) is 0 Å². The van der Waals surface area contributed by atoms with E-state index >= 15 is 0 Å². The molecule has 1 aliphatic heterocycles. The third kappa shape index (κ3) is 8.02. The van der Waals surface area contributed by atoms with E-state index in [1.807, 2.05) is 46.0 Å². The quantitative estimate of drug-likeness (QED) is 0.305. The molecule has 1 aromatic heterocycles. The van der Waals surface area contributed by atoms with Gasteiger partial charge in [0.05, 0.1) is 11.1 Å². The van der Waals surface area contributed by atoms with Crippen LogP contribution in [0, 0.1) is 20.8 Å². The number of aromatic nitrogens is 1. The number of aromatic amines is 1. The predicted molar refractivity (Wildman–Crippen MR) is 147 cm³/mol. The van der Waals surface area contributed by atoms with Gasteiger partial charge >= 0.3 is 0 Å². The lowest BCUT2D eigenvalue weighted by molar-refractivity contribution is -0.261. The number of aryl methyl sites for hydroxylation is 3. The molecule has 0 radical (unpaired) electrons. The third-order valence-corrected chi connectivity index (χ3v) is 6.91. The number of rotatable bonds is 3.